The molecule has 1 aromatic heterocycles. The van der Waals surface area contributed by atoms with Crippen LogP contribution in [-0.4, -0.2) is 61.9 Å². The van der Waals surface area contributed by atoms with E-state index < -0.39 is 0 Å². The van der Waals surface area contributed by atoms with Gasteiger partial charge in [0.25, 0.3) is 5.91 Å². The van der Waals surface area contributed by atoms with Crippen molar-refractivity contribution in [3.8, 4) is 0 Å². The molecule has 2 atom stereocenters. The van der Waals surface area contributed by atoms with Crippen molar-refractivity contribution < 1.29 is 14.3 Å². The second kappa shape index (κ2) is 9.27. The first-order valence-electron chi connectivity index (χ1n) is 8.18. The maximum atomic E-state index is 12.4. The summed E-state index contributed by atoms with van der Waals surface area (Å²) >= 11 is 1.50. The molecule has 24 heavy (non-hydrogen) atoms. The van der Waals surface area contributed by atoms with Crippen molar-refractivity contribution in [1.29, 1.82) is 0 Å². The number of thiazole rings is 1. The number of carbonyl (C=O) groups is 1. The zero-order chi connectivity index (χ0) is 17.5. The zero-order valence-electron chi connectivity index (χ0n) is 14.9. The van der Waals surface area contributed by atoms with Gasteiger partial charge >= 0.3 is 0 Å². The molecular formula is C17H27N3O3S. The number of rotatable bonds is 7. The van der Waals surface area contributed by atoms with Crippen molar-refractivity contribution in [3.05, 3.63) is 27.7 Å². The van der Waals surface area contributed by atoms with Gasteiger partial charge in [0.15, 0.2) is 0 Å². The number of hydrogen-bond acceptors (Lipinski definition) is 6. The largest absolute Gasteiger partial charge is 0.379 e. The second-order valence-electron chi connectivity index (χ2n) is 6.46. The zero-order valence-corrected chi connectivity index (χ0v) is 15.7. The number of ether oxygens (including phenoxy) is 2. The number of hydrogen-bond donors (Lipinski definition) is 1. The standard InChI is InChI=1S/C17H27N3O3S/c1-12(2)5-8-23-15-6-7-22-10-13(15)19-17(21)14-11-24-16(18-14)9-20(3)4/h5,11,13,15H,6-10H2,1-4H3,(H,19,21)/t13-,15+/m0/s1. The van der Waals surface area contributed by atoms with Gasteiger partial charge in [0, 0.05) is 18.5 Å². The molecule has 0 aromatic carbocycles. The molecule has 1 saturated heterocycles. The van der Waals surface area contributed by atoms with E-state index in [1.165, 1.54) is 16.9 Å². The van der Waals surface area contributed by atoms with Gasteiger partial charge in [0.1, 0.15) is 10.7 Å². The van der Waals surface area contributed by atoms with Crippen LogP contribution in [0.4, 0.5) is 0 Å². The van der Waals surface area contributed by atoms with Crippen molar-refractivity contribution in [2.24, 2.45) is 0 Å². The van der Waals surface area contributed by atoms with Gasteiger partial charge in [-0.05, 0) is 34.4 Å². The van der Waals surface area contributed by atoms with Gasteiger partial charge in [0.2, 0.25) is 0 Å². The molecule has 0 aliphatic carbocycles. The number of nitrogens with zero attached hydrogens (tertiary/aromatic N) is 2. The maximum absolute atomic E-state index is 12.4. The smallest absolute Gasteiger partial charge is 0.271 e. The molecule has 1 aliphatic heterocycles. The molecule has 0 radical (unpaired) electrons. The van der Waals surface area contributed by atoms with Gasteiger partial charge in [-0.15, -0.1) is 11.3 Å². The highest BCUT2D eigenvalue weighted by Gasteiger charge is 2.28. The minimum Gasteiger partial charge on any atom is -0.379 e. The molecule has 1 aromatic rings. The lowest BCUT2D eigenvalue weighted by Crippen LogP contribution is -2.50. The minimum absolute atomic E-state index is 0.0295. The molecule has 1 aliphatic rings. The summed E-state index contributed by atoms with van der Waals surface area (Å²) in [6, 6.07) is -0.143. The lowest BCUT2D eigenvalue weighted by Gasteiger charge is -2.31. The van der Waals surface area contributed by atoms with Crippen LogP contribution < -0.4 is 5.32 Å². The second-order valence-corrected chi connectivity index (χ2v) is 7.40. The number of amides is 1. The maximum Gasteiger partial charge on any atom is 0.271 e. The molecule has 7 heteroatoms. The fourth-order valence-corrected chi connectivity index (χ4v) is 3.28. The Morgan fingerprint density at radius 1 is 1.54 bits per heavy atom. The molecule has 0 unspecified atom stereocenters. The van der Waals surface area contributed by atoms with Gasteiger partial charge in [-0.25, -0.2) is 4.98 Å². The summed E-state index contributed by atoms with van der Waals surface area (Å²) in [4.78, 5) is 18.9. The van der Waals surface area contributed by atoms with E-state index in [9.17, 15) is 4.79 Å². The summed E-state index contributed by atoms with van der Waals surface area (Å²) in [5.74, 6) is -0.164. The van der Waals surface area contributed by atoms with E-state index in [1.807, 2.05) is 38.9 Å². The third-order valence-corrected chi connectivity index (χ3v) is 4.48. The highest BCUT2D eigenvalue weighted by Crippen LogP contribution is 2.15. The Balaban J connectivity index is 1.92. The minimum atomic E-state index is -0.164. The van der Waals surface area contributed by atoms with Gasteiger partial charge in [0.05, 0.1) is 25.4 Å². The predicted octanol–water partition coefficient (Wildman–Crippen LogP) is 2.07. The van der Waals surface area contributed by atoms with Gasteiger partial charge < -0.3 is 19.7 Å². The number of carbonyl (C=O) groups excluding carboxylic acids is 1. The van der Waals surface area contributed by atoms with Crippen molar-refractivity contribution >= 4 is 17.2 Å². The van der Waals surface area contributed by atoms with Crippen molar-refractivity contribution in [2.45, 2.75) is 39.0 Å². The number of allylic oxidation sites excluding steroid dienone is 1. The van der Waals surface area contributed by atoms with Crippen LogP contribution in [0.1, 0.15) is 35.8 Å². The van der Waals surface area contributed by atoms with Gasteiger partial charge in [-0.2, -0.15) is 0 Å². The first-order valence-corrected chi connectivity index (χ1v) is 9.06. The molecule has 2 rings (SSSR count). The molecule has 6 nitrogen and oxygen atoms in total. The van der Waals surface area contributed by atoms with Crippen LogP contribution in [0.25, 0.3) is 0 Å². The van der Waals surface area contributed by atoms with Crippen LogP contribution in [0.15, 0.2) is 17.0 Å². The summed E-state index contributed by atoms with van der Waals surface area (Å²) in [5.41, 5.74) is 1.68. The Morgan fingerprint density at radius 2 is 2.33 bits per heavy atom. The van der Waals surface area contributed by atoms with Crippen LogP contribution in [0.3, 0.4) is 0 Å². The average molecular weight is 353 g/mol. The third-order valence-electron chi connectivity index (χ3n) is 3.65. The topological polar surface area (TPSA) is 63.7 Å². The van der Waals surface area contributed by atoms with Crippen LogP contribution in [0.5, 0.6) is 0 Å². The number of aromatic nitrogens is 1. The van der Waals surface area contributed by atoms with E-state index in [2.05, 4.69) is 10.3 Å². The van der Waals surface area contributed by atoms with E-state index in [-0.39, 0.29) is 18.1 Å². The average Bonchev–Trinajstić information content (AvgIpc) is 2.96. The highest BCUT2D eigenvalue weighted by atomic mass is 32.1. The van der Waals surface area contributed by atoms with Crippen LogP contribution in [-0.2, 0) is 16.0 Å². The van der Waals surface area contributed by atoms with Crippen molar-refractivity contribution in [1.82, 2.24) is 15.2 Å². The molecule has 0 saturated carbocycles. The first kappa shape index (κ1) is 19.1. The van der Waals surface area contributed by atoms with Crippen LogP contribution in [0.2, 0.25) is 0 Å². The van der Waals surface area contributed by atoms with Gasteiger partial charge in [-0.3, -0.25) is 4.79 Å². The molecule has 1 fully saturated rings. The summed E-state index contributed by atoms with van der Waals surface area (Å²) in [6.07, 6.45) is 2.80. The van der Waals surface area contributed by atoms with E-state index in [0.717, 1.165) is 18.0 Å². The van der Waals surface area contributed by atoms with E-state index in [1.54, 1.807) is 5.38 Å². The fraction of sp³-hybridized carbons (Fsp3) is 0.647. The predicted molar refractivity (Wildman–Crippen MR) is 95.4 cm³/mol. The van der Waals surface area contributed by atoms with E-state index in [4.69, 9.17) is 9.47 Å². The Bertz CT molecular complexity index is 567. The van der Waals surface area contributed by atoms with E-state index >= 15 is 0 Å². The molecule has 134 valence electrons. The third kappa shape index (κ3) is 5.98. The molecule has 1 N–H and O–H groups in total. The summed E-state index contributed by atoms with van der Waals surface area (Å²) < 4.78 is 11.4. The monoisotopic (exact) mass is 353 g/mol. The molecule has 2 heterocycles. The normalized spacial score (nSPS) is 20.9. The Labute approximate surface area is 147 Å². The molecule has 0 bridgehead atoms. The fourth-order valence-electron chi connectivity index (χ4n) is 2.39. The van der Waals surface area contributed by atoms with E-state index in [0.29, 0.717) is 25.5 Å². The Hall–Kier alpha value is -1.28. The van der Waals surface area contributed by atoms with Crippen LogP contribution in [0, 0.1) is 0 Å². The highest BCUT2D eigenvalue weighted by molar-refractivity contribution is 7.09. The Kier molecular flexibility index (Phi) is 7.36. The Morgan fingerprint density at radius 3 is 3.04 bits per heavy atom. The summed E-state index contributed by atoms with van der Waals surface area (Å²) in [6.45, 7) is 6.51. The van der Waals surface area contributed by atoms with Gasteiger partial charge in [-0.1, -0.05) is 11.6 Å². The lowest BCUT2D eigenvalue weighted by molar-refractivity contribution is -0.0457. The lowest BCUT2D eigenvalue weighted by atomic mass is 10.1. The van der Waals surface area contributed by atoms with Crippen LogP contribution >= 0.6 is 11.3 Å². The van der Waals surface area contributed by atoms with Crippen molar-refractivity contribution in [3.63, 3.8) is 0 Å². The first-order chi connectivity index (χ1) is 11.5. The quantitative estimate of drug-likeness (QED) is 0.761. The molecular weight excluding hydrogens is 326 g/mol. The van der Waals surface area contributed by atoms with Crippen molar-refractivity contribution in [2.75, 3.05) is 33.9 Å². The molecule has 1 amide bonds. The summed E-state index contributed by atoms with van der Waals surface area (Å²) in [7, 11) is 3.96. The molecule has 0 spiro atoms. The number of nitrogens with one attached hydrogen (secondary N) is 1. The summed E-state index contributed by atoms with van der Waals surface area (Å²) in [5, 5.41) is 5.75. The SMILES string of the molecule is CC(C)=CCO[C@@H]1CCOC[C@@H]1NC(=O)c1csc(CN(C)C)n1.